The standard InChI is InChI=1S/C19H24F2N4O2S/c1-3-22-19(24-13-15-12-16(20)6-9-18(15)21)23-10-11-25-28(26,27)17-7-4-14(2)5-8-17/h4-9,12,25H,3,10-11,13H2,1-2H3,(H2,22,23,24). The van der Waals surface area contributed by atoms with Crippen LogP contribution in [0.4, 0.5) is 8.78 Å². The fourth-order valence-corrected chi connectivity index (χ4v) is 3.37. The molecular weight excluding hydrogens is 386 g/mol. The lowest BCUT2D eigenvalue weighted by Gasteiger charge is -2.12. The van der Waals surface area contributed by atoms with E-state index in [4.69, 9.17) is 0 Å². The topological polar surface area (TPSA) is 82.6 Å². The molecule has 0 bridgehead atoms. The lowest BCUT2D eigenvalue weighted by atomic mass is 10.2. The first-order chi connectivity index (χ1) is 13.3. The quantitative estimate of drug-likeness (QED) is 0.354. The molecule has 0 unspecified atom stereocenters. The summed E-state index contributed by atoms with van der Waals surface area (Å²) in [5.41, 5.74) is 1.11. The molecule has 152 valence electrons. The van der Waals surface area contributed by atoms with Crippen LogP contribution in [0.1, 0.15) is 18.1 Å². The van der Waals surface area contributed by atoms with Crippen molar-refractivity contribution in [2.45, 2.75) is 25.3 Å². The van der Waals surface area contributed by atoms with E-state index < -0.39 is 21.7 Å². The van der Waals surface area contributed by atoms with E-state index in [0.29, 0.717) is 12.5 Å². The Bertz CT molecular complexity index is 916. The fraction of sp³-hybridized carbons (Fsp3) is 0.316. The van der Waals surface area contributed by atoms with Crippen LogP contribution in [-0.2, 0) is 16.6 Å². The maximum Gasteiger partial charge on any atom is 0.240 e. The minimum absolute atomic E-state index is 0.0476. The first-order valence-electron chi connectivity index (χ1n) is 8.84. The molecule has 3 N–H and O–H groups in total. The average molecular weight is 410 g/mol. The zero-order valence-corrected chi connectivity index (χ0v) is 16.6. The van der Waals surface area contributed by atoms with Crippen molar-refractivity contribution in [3.63, 3.8) is 0 Å². The summed E-state index contributed by atoms with van der Waals surface area (Å²) in [7, 11) is -3.59. The summed E-state index contributed by atoms with van der Waals surface area (Å²) >= 11 is 0. The van der Waals surface area contributed by atoms with Crippen molar-refractivity contribution < 1.29 is 17.2 Å². The second kappa shape index (κ2) is 10.1. The van der Waals surface area contributed by atoms with Crippen molar-refractivity contribution in [1.82, 2.24) is 15.4 Å². The van der Waals surface area contributed by atoms with Crippen LogP contribution < -0.4 is 15.4 Å². The highest BCUT2D eigenvalue weighted by Gasteiger charge is 2.12. The maximum atomic E-state index is 13.7. The molecule has 0 spiro atoms. The summed E-state index contributed by atoms with van der Waals surface area (Å²) < 4.78 is 53.9. The number of nitrogens with one attached hydrogen (secondary N) is 3. The zero-order valence-electron chi connectivity index (χ0n) is 15.8. The van der Waals surface area contributed by atoms with Crippen LogP contribution in [0.15, 0.2) is 52.4 Å². The van der Waals surface area contributed by atoms with Gasteiger partial charge < -0.3 is 10.6 Å². The van der Waals surface area contributed by atoms with Crippen LogP contribution in [0.2, 0.25) is 0 Å². The van der Waals surface area contributed by atoms with Gasteiger partial charge in [-0.1, -0.05) is 17.7 Å². The molecule has 0 amide bonds. The third-order valence-corrected chi connectivity index (χ3v) is 5.28. The molecule has 0 aliphatic carbocycles. The van der Waals surface area contributed by atoms with Gasteiger partial charge in [-0.2, -0.15) is 0 Å². The SMILES string of the molecule is CCNC(=NCc1cc(F)ccc1F)NCCNS(=O)(=O)c1ccc(C)cc1. The predicted octanol–water partition coefficient (Wildman–Crippen LogP) is 2.31. The third-order valence-electron chi connectivity index (χ3n) is 3.80. The number of halogens is 2. The molecule has 2 aromatic carbocycles. The van der Waals surface area contributed by atoms with Crippen molar-refractivity contribution in [1.29, 1.82) is 0 Å². The number of nitrogens with zero attached hydrogens (tertiary/aromatic N) is 1. The molecule has 28 heavy (non-hydrogen) atoms. The summed E-state index contributed by atoms with van der Waals surface area (Å²) in [6.45, 7) is 4.66. The molecule has 6 nitrogen and oxygen atoms in total. The van der Waals surface area contributed by atoms with Gasteiger partial charge in [-0.3, -0.25) is 0 Å². The Labute approximate surface area is 164 Å². The highest BCUT2D eigenvalue weighted by molar-refractivity contribution is 7.89. The average Bonchev–Trinajstić information content (AvgIpc) is 2.66. The van der Waals surface area contributed by atoms with Crippen molar-refractivity contribution >= 4 is 16.0 Å². The number of rotatable bonds is 8. The van der Waals surface area contributed by atoms with Crippen molar-refractivity contribution in [3.8, 4) is 0 Å². The maximum absolute atomic E-state index is 13.7. The Morgan fingerprint density at radius 1 is 1.04 bits per heavy atom. The molecule has 0 aliphatic heterocycles. The molecule has 0 atom stereocenters. The fourth-order valence-electron chi connectivity index (χ4n) is 2.34. The van der Waals surface area contributed by atoms with E-state index in [9.17, 15) is 17.2 Å². The summed E-state index contributed by atoms with van der Waals surface area (Å²) in [6, 6.07) is 9.75. The monoisotopic (exact) mass is 410 g/mol. The highest BCUT2D eigenvalue weighted by atomic mass is 32.2. The lowest BCUT2D eigenvalue weighted by molar-refractivity contribution is 0.580. The van der Waals surface area contributed by atoms with Crippen molar-refractivity contribution in [3.05, 3.63) is 65.2 Å². The van der Waals surface area contributed by atoms with Crippen LogP contribution in [0.3, 0.4) is 0 Å². The normalized spacial score (nSPS) is 12.1. The van der Waals surface area contributed by atoms with E-state index in [0.717, 1.165) is 23.8 Å². The molecule has 0 radical (unpaired) electrons. The van der Waals surface area contributed by atoms with E-state index in [1.165, 1.54) is 0 Å². The Morgan fingerprint density at radius 3 is 2.43 bits per heavy atom. The number of aliphatic imine (C=N–C) groups is 1. The van der Waals surface area contributed by atoms with Crippen LogP contribution in [-0.4, -0.2) is 34.0 Å². The van der Waals surface area contributed by atoms with Gasteiger partial charge in [0.1, 0.15) is 11.6 Å². The van der Waals surface area contributed by atoms with Gasteiger partial charge in [0.2, 0.25) is 10.0 Å². The zero-order chi connectivity index (χ0) is 20.6. The van der Waals surface area contributed by atoms with Gasteiger partial charge in [0.15, 0.2) is 5.96 Å². The Balaban J connectivity index is 1.90. The second-order valence-corrected chi connectivity index (χ2v) is 7.84. The van der Waals surface area contributed by atoms with Gasteiger partial charge in [0.25, 0.3) is 0 Å². The van der Waals surface area contributed by atoms with E-state index >= 15 is 0 Å². The molecule has 0 fully saturated rings. The molecule has 0 aliphatic rings. The number of aryl methyl sites for hydroxylation is 1. The van der Waals surface area contributed by atoms with Crippen LogP contribution in [0.25, 0.3) is 0 Å². The molecule has 0 saturated carbocycles. The Kier molecular flexibility index (Phi) is 7.89. The molecule has 2 rings (SSSR count). The summed E-state index contributed by atoms with van der Waals surface area (Å²) in [6.07, 6.45) is 0. The van der Waals surface area contributed by atoms with Gasteiger partial charge in [-0.15, -0.1) is 0 Å². The minimum atomic E-state index is -3.59. The summed E-state index contributed by atoms with van der Waals surface area (Å²) in [5, 5.41) is 5.92. The second-order valence-electron chi connectivity index (χ2n) is 6.07. The number of hydrogen-bond acceptors (Lipinski definition) is 3. The first kappa shape index (κ1) is 21.8. The summed E-state index contributed by atoms with van der Waals surface area (Å²) in [5.74, 6) is -0.692. The van der Waals surface area contributed by atoms with E-state index in [1.54, 1.807) is 24.3 Å². The van der Waals surface area contributed by atoms with Gasteiger partial charge >= 0.3 is 0 Å². The van der Waals surface area contributed by atoms with Gasteiger partial charge in [-0.25, -0.2) is 26.9 Å². The molecule has 9 heteroatoms. The highest BCUT2D eigenvalue weighted by Crippen LogP contribution is 2.11. The Hall–Kier alpha value is -2.52. The third kappa shape index (κ3) is 6.58. The first-order valence-corrected chi connectivity index (χ1v) is 10.3. The Morgan fingerprint density at radius 2 is 1.75 bits per heavy atom. The van der Waals surface area contributed by atoms with E-state index in [1.807, 2.05) is 13.8 Å². The van der Waals surface area contributed by atoms with Gasteiger partial charge in [-0.05, 0) is 44.2 Å². The number of benzene rings is 2. The molecule has 0 aromatic heterocycles. The van der Waals surface area contributed by atoms with Crippen LogP contribution >= 0.6 is 0 Å². The van der Waals surface area contributed by atoms with Crippen LogP contribution in [0.5, 0.6) is 0 Å². The van der Waals surface area contributed by atoms with E-state index in [2.05, 4.69) is 20.3 Å². The minimum Gasteiger partial charge on any atom is -0.357 e. The van der Waals surface area contributed by atoms with E-state index in [-0.39, 0.29) is 30.1 Å². The smallest absolute Gasteiger partial charge is 0.240 e. The van der Waals surface area contributed by atoms with Crippen molar-refractivity contribution in [2.24, 2.45) is 4.99 Å². The molecule has 0 saturated heterocycles. The number of hydrogen-bond donors (Lipinski definition) is 3. The number of sulfonamides is 1. The largest absolute Gasteiger partial charge is 0.357 e. The number of guanidine groups is 1. The van der Waals surface area contributed by atoms with Gasteiger partial charge in [0, 0.05) is 25.2 Å². The van der Waals surface area contributed by atoms with Crippen LogP contribution in [0, 0.1) is 18.6 Å². The molecule has 2 aromatic rings. The van der Waals surface area contributed by atoms with Crippen molar-refractivity contribution in [2.75, 3.05) is 19.6 Å². The molecular formula is C19H24F2N4O2S. The summed E-state index contributed by atoms with van der Waals surface area (Å²) in [4.78, 5) is 4.39. The van der Waals surface area contributed by atoms with Gasteiger partial charge in [0.05, 0.1) is 11.4 Å². The lowest BCUT2D eigenvalue weighted by Crippen LogP contribution is -2.41. The molecule has 0 heterocycles. The predicted molar refractivity (Wildman–Crippen MR) is 106 cm³/mol.